The molecule has 0 aromatic carbocycles. The molecule has 3 aromatic rings. The first kappa shape index (κ1) is 18.3. The Morgan fingerprint density at radius 1 is 1.14 bits per heavy atom. The first-order valence-corrected chi connectivity index (χ1v) is 9.72. The van der Waals surface area contributed by atoms with Gasteiger partial charge < -0.3 is 31.0 Å². The Kier molecular flexibility index (Phi) is 4.19. The zero-order valence-corrected chi connectivity index (χ0v) is 15.8. The Hall–Kier alpha value is -2.75. The summed E-state index contributed by atoms with van der Waals surface area (Å²) in [6, 6.07) is 5.25. The van der Waals surface area contributed by atoms with Gasteiger partial charge in [-0.05, 0) is 30.5 Å². The van der Waals surface area contributed by atoms with Gasteiger partial charge >= 0.3 is 0 Å². The van der Waals surface area contributed by atoms with E-state index >= 15 is 0 Å². The van der Waals surface area contributed by atoms with Crippen LogP contribution in [-0.2, 0) is 11.2 Å². The van der Waals surface area contributed by atoms with Crippen molar-refractivity contribution in [3.8, 4) is 0 Å². The number of anilines is 2. The number of nitrogens with two attached hydrogens (primary N) is 2. The van der Waals surface area contributed by atoms with Gasteiger partial charge in [0.05, 0.1) is 30.2 Å². The van der Waals surface area contributed by atoms with Crippen molar-refractivity contribution < 1.29 is 14.9 Å². The molecule has 5 rings (SSSR count). The second kappa shape index (κ2) is 6.65. The van der Waals surface area contributed by atoms with Crippen molar-refractivity contribution in [2.75, 3.05) is 18.1 Å². The lowest BCUT2D eigenvalue weighted by Gasteiger charge is -2.26. The Morgan fingerprint density at radius 3 is 2.79 bits per heavy atom. The number of pyridine rings is 1. The Bertz CT molecular complexity index is 1040. The molecule has 2 fully saturated rings. The molecule has 1 saturated carbocycles. The third-order valence-corrected chi connectivity index (χ3v) is 6.41. The van der Waals surface area contributed by atoms with Crippen LogP contribution in [0, 0.1) is 5.41 Å². The third-order valence-electron chi connectivity index (χ3n) is 6.41. The van der Waals surface area contributed by atoms with E-state index < -0.39 is 17.6 Å². The number of aliphatic hydroxyl groups excluding tert-OH is 2. The highest BCUT2D eigenvalue weighted by atomic mass is 16.5. The largest absolute Gasteiger partial charge is 0.390 e. The summed E-state index contributed by atoms with van der Waals surface area (Å²) in [5.41, 5.74) is 12.8. The predicted molar refractivity (Wildman–Crippen MR) is 107 cm³/mol. The lowest BCUT2D eigenvalue weighted by atomic mass is 9.80. The number of nitrogens with zero attached hydrogens (tertiary/aromatic N) is 4. The van der Waals surface area contributed by atoms with Crippen molar-refractivity contribution in [3.63, 3.8) is 0 Å². The van der Waals surface area contributed by atoms with Gasteiger partial charge in [0, 0.05) is 24.2 Å². The molecule has 5 atom stereocenters. The maximum atomic E-state index is 10.9. The molecule has 1 saturated heterocycles. The van der Waals surface area contributed by atoms with Crippen molar-refractivity contribution in [1.82, 2.24) is 19.5 Å². The molecule has 0 bridgehead atoms. The number of hydrogen-bond donors (Lipinski definition) is 4. The minimum Gasteiger partial charge on any atom is -0.390 e. The molecule has 4 heterocycles. The smallest absolute Gasteiger partial charge is 0.145 e. The van der Waals surface area contributed by atoms with Gasteiger partial charge in [0.25, 0.3) is 0 Å². The van der Waals surface area contributed by atoms with Crippen LogP contribution in [-0.4, -0.2) is 54.7 Å². The fourth-order valence-electron chi connectivity index (χ4n) is 4.91. The second-order valence-corrected chi connectivity index (χ2v) is 8.22. The minimum atomic E-state index is -0.915. The molecule has 152 valence electrons. The van der Waals surface area contributed by atoms with Gasteiger partial charge in [-0.1, -0.05) is 6.07 Å². The summed E-state index contributed by atoms with van der Waals surface area (Å²) in [7, 11) is 0. The molecule has 1 spiro atoms. The van der Waals surface area contributed by atoms with Crippen molar-refractivity contribution in [1.29, 1.82) is 0 Å². The molecule has 9 heteroatoms. The third kappa shape index (κ3) is 2.93. The number of nitrogen functional groups attached to an aromatic ring is 2. The molecule has 29 heavy (non-hydrogen) atoms. The highest BCUT2D eigenvalue weighted by Crippen LogP contribution is 2.52. The lowest BCUT2D eigenvalue weighted by molar-refractivity contribution is -0.0308. The quantitative estimate of drug-likeness (QED) is 0.505. The summed E-state index contributed by atoms with van der Waals surface area (Å²) in [6.45, 7) is 0.408. The van der Waals surface area contributed by atoms with E-state index in [4.69, 9.17) is 16.2 Å². The SMILES string of the molecule is Nc1ccc(C[C@H]2C[C@@]3(CO2)C[C@@H](n2ccc4c(N)ncnc42)[C@H](O)[C@@H]3O)cn1. The standard InChI is InChI=1S/C20H24N6O3/c21-15-2-1-11(8-23-15)5-12-6-20(9-29-12)7-14(16(27)17(20)28)26-4-3-13-18(22)24-10-25-19(13)26/h1-4,8,10,12,14,16-17,27-28H,5-7,9H2,(H2,21,23)(H2,22,24,25)/t12-,14+,16-,17-,20-/m0/s1. The molecule has 0 radical (unpaired) electrons. The fourth-order valence-corrected chi connectivity index (χ4v) is 4.91. The molecule has 0 amide bonds. The van der Waals surface area contributed by atoms with Crippen LogP contribution >= 0.6 is 0 Å². The number of ether oxygens (including phenoxy) is 1. The zero-order chi connectivity index (χ0) is 20.2. The molecule has 1 aliphatic heterocycles. The molecule has 6 N–H and O–H groups in total. The average Bonchev–Trinajstić information content (AvgIpc) is 3.38. The Labute approximate surface area is 167 Å². The number of hydrogen-bond acceptors (Lipinski definition) is 8. The minimum absolute atomic E-state index is 0.0413. The number of aromatic nitrogens is 4. The number of fused-ring (bicyclic) bond motifs is 1. The van der Waals surface area contributed by atoms with Crippen LogP contribution < -0.4 is 11.5 Å². The van der Waals surface area contributed by atoms with E-state index in [1.807, 2.05) is 22.9 Å². The summed E-state index contributed by atoms with van der Waals surface area (Å²) in [6.07, 6.45) is 5.14. The average molecular weight is 396 g/mol. The monoisotopic (exact) mass is 396 g/mol. The predicted octanol–water partition coefficient (Wildman–Crippen LogP) is 0.675. The van der Waals surface area contributed by atoms with Gasteiger partial charge in [-0.2, -0.15) is 0 Å². The normalized spacial score (nSPS) is 31.8. The van der Waals surface area contributed by atoms with Crippen LogP contribution in [0.15, 0.2) is 36.9 Å². The summed E-state index contributed by atoms with van der Waals surface area (Å²) in [5, 5.41) is 22.5. The summed E-state index contributed by atoms with van der Waals surface area (Å²) in [4.78, 5) is 12.5. The van der Waals surface area contributed by atoms with Gasteiger partial charge in [-0.3, -0.25) is 0 Å². The van der Waals surface area contributed by atoms with Crippen LogP contribution in [0.5, 0.6) is 0 Å². The van der Waals surface area contributed by atoms with E-state index in [0.29, 0.717) is 43.2 Å². The van der Waals surface area contributed by atoms with Gasteiger partial charge in [-0.25, -0.2) is 15.0 Å². The molecule has 0 unspecified atom stereocenters. The molecular weight excluding hydrogens is 372 g/mol. The van der Waals surface area contributed by atoms with E-state index in [0.717, 1.165) is 10.9 Å². The van der Waals surface area contributed by atoms with Crippen molar-refractivity contribution in [2.24, 2.45) is 5.41 Å². The van der Waals surface area contributed by atoms with E-state index in [1.165, 1.54) is 6.33 Å². The fraction of sp³-hybridized carbons (Fsp3) is 0.450. The maximum absolute atomic E-state index is 10.9. The highest BCUT2D eigenvalue weighted by Gasteiger charge is 2.57. The van der Waals surface area contributed by atoms with Gasteiger partial charge in [0.1, 0.15) is 29.7 Å². The van der Waals surface area contributed by atoms with Gasteiger partial charge in [0.15, 0.2) is 0 Å². The highest BCUT2D eigenvalue weighted by molar-refractivity contribution is 5.86. The van der Waals surface area contributed by atoms with Crippen LogP contribution in [0.2, 0.25) is 0 Å². The number of aliphatic hydroxyl groups is 2. The van der Waals surface area contributed by atoms with Crippen LogP contribution in [0.3, 0.4) is 0 Å². The van der Waals surface area contributed by atoms with Crippen LogP contribution in [0.25, 0.3) is 11.0 Å². The Morgan fingerprint density at radius 2 is 2.00 bits per heavy atom. The van der Waals surface area contributed by atoms with E-state index in [9.17, 15) is 10.2 Å². The van der Waals surface area contributed by atoms with Gasteiger partial charge in [0.2, 0.25) is 0 Å². The topological polar surface area (TPSA) is 145 Å². The van der Waals surface area contributed by atoms with Crippen LogP contribution in [0.1, 0.15) is 24.4 Å². The molecule has 1 aliphatic carbocycles. The van der Waals surface area contributed by atoms with Crippen molar-refractivity contribution in [2.45, 2.75) is 43.6 Å². The molecule has 3 aromatic heterocycles. The summed E-state index contributed by atoms with van der Waals surface area (Å²) >= 11 is 0. The zero-order valence-electron chi connectivity index (χ0n) is 15.8. The van der Waals surface area contributed by atoms with Crippen molar-refractivity contribution in [3.05, 3.63) is 42.5 Å². The molecule has 9 nitrogen and oxygen atoms in total. The Balaban J connectivity index is 1.38. The van der Waals surface area contributed by atoms with E-state index in [2.05, 4.69) is 15.0 Å². The summed E-state index contributed by atoms with van der Waals surface area (Å²) in [5.74, 6) is 0.885. The maximum Gasteiger partial charge on any atom is 0.145 e. The molecule has 2 aliphatic rings. The number of rotatable bonds is 3. The molecular formula is C20H24N6O3. The first-order chi connectivity index (χ1) is 14.0. The van der Waals surface area contributed by atoms with Crippen LogP contribution in [0.4, 0.5) is 11.6 Å². The van der Waals surface area contributed by atoms with E-state index in [1.54, 1.807) is 12.3 Å². The summed E-state index contributed by atoms with van der Waals surface area (Å²) < 4.78 is 7.93. The van der Waals surface area contributed by atoms with E-state index in [-0.39, 0.29) is 12.1 Å². The van der Waals surface area contributed by atoms with Gasteiger partial charge in [-0.15, -0.1) is 0 Å². The van der Waals surface area contributed by atoms with Crippen molar-refractivity contribution >= 4 is 22.7 Å². The first-order valence-electron chi connectivity index (χ1n) is 9.72. The lowest BCUT2D eigenvalue weighted by Crippen LogP contribution is -2.37. The second-order valence-electron chi connectivity index (χ2n) is 8.22.